The van der Waals surface area contributed by atoms with Gasteiger partial charge in [-0.3, -0.25) is 0 Å². The second kappa shape index (κ2) is 32.3. The summed E-state index contributed by atoms with van der Waals surface area (Å²) in [6, 6.07) is 61.2. The first kappa shape index (κ1) is 81.2. The molecule has 8 aromatic carbocycles. The SMILES string of the molecule is Cc1cc(C)c(-c2c3nc(c(-c4c(C)cc(C)cc4C)c4ccc([n-]4)c(-c4c(C)cc(C)cc4C)c4nc(c(-c5ccc(C#CC#Cc6ccc(-c7c8nc(c(-c9c(C)cc(C)cc9C)c9ccc([n-]9)c(-c9c(C)cc(C)cc9C)c9nc(c(-c%10c(C)cc(C)cc%10C)c%10ccc7[n-]%10)C=C9)C=C8)cc6)cc5)c5ccc2[n-]5)C=C4)C=C3)c(C)c1.[Mg+2].[Zn+2]. The molecule has 0 unspecified atom stereocenters. The van der Waals surface area contributed by atoms with E-state index in [9.17, 15) is 0 Å². The Bertz CT molecular complexity index is 6690. The molecule has 6 aromatic heterocycles. The topological polar surface area (TPSA) is 108 Å². The van der Waals surface area contributed by atoms with Crippen molar-refractivity contribution in [1.82, 2.24) is 39.9 Å². The van der Waals surface area contributed by atoms with Crippen LogP contribution in [-0.4, -0.2) is 43.0 Å². The molecule has 4 aliphatic heterocycles. The van der Waals surface area contributed by atoms with Crippen LogP contribution >= 0.6 is 0 Å². The average Bonchev–Trinajstić information content (AvgIpc) is 1.59. The molecular weight excluding hydrogens is 1520 g/mol. The van der Waals surface area contributed by atoms with Gasteiger partial charge in [-0.05, 0) is 365 Å². The maximum Gasteiger partial charge on any atom is 2.00 e. The Morgan fingerprint density at radius 2 is 0.342 bits per heavy atom. The predicted octanol–water partition coefficient (Wildman–Crippen LogP) is 26.0. The molecule has 0 amide bonds. The fourth-order valence-corrected chi connectivity index (χ4v) is 19.4. The molecule has 0 saturated carbocycles. The van der Waals surface area contributed by atoms with Gasteiger partial charge in [0.05, 0.1) is 45.6 Å². The Morgan fingerprint density at radius 1 is 0.192 bits per heavy atom. The predicted molar refractivity (Wildman–Crippen MR) is 502 cm³/mol. The molecule has 0 saturated heterocycles. The molecule has 10 heterocycles. The van der Waals surface area contributed by atoms with Crippen molar-refractivity contribution in [3.8, 4) is 113 Å². The van der Waals surface area contributed by atoms with E-state index in [-0.39, 0.29) is 42.5 Å². The minimum Gasteiger partial charge on any atom is -0.657 e. The Kier molecular flexibility index (Phi) is 21.9. The number of benzene rings is 8. The van der Waals surface area contributed by atoms with Crippen LogP contribution in [0.5, 0.6) is 0 Å². The molecule has 14 aromatic rings. The molecule has 18 rings (SSSR count). The van der Waals surface area contributed by atoms with Gasteiger partial charge in [-0.15, -0.1) is 44.1 Å². The first-order chi connectivity index (χ1) is 56.8. The molecule has 0 N–H and O–H groups in total. The summed E-state index contributed by atoms with van der Waals surface area (Å²) in [4.78, 5) is 45.4. The largest absolute Gasteiger partial charge is 2.00 e. The summed E-state index contributed by atoms with van der Waals surface area (Å²) < 4.78 is 0. The minimum atomic E-state index is 0. The van der Waals surface area contributed by atoms with E-state index in [0.29, 0.717) is 0 Å². The van der Waals surface area contributed by atoms with E-state index in [0.717, 1.165) is 234 Å². The Balaban J connectivity index is 0.00000536. The second-order valence-electron chi connectivity index (χ2n) is 33.0. The monoisotopic (exact) mass is 1610 g/mol. The number of aryl methyl sites for hydroxylation is 18. The van der Waals surface area contributed by atoms with Gasteiger partial charge < -0.3 is 19.9 Å². The van der Waals surface area contributed by atoms with Crippen LogP contribution in [0.3, 0.4) is 0 Å². The molecule has 574 valence electrons. The number of rotatable bonds is 8. The first-order valence-corrected chi connectivity index (χ1v) is 40.7. The Morgan fingerprint density at radius 3 is 0.508 bits per heavy atom. The third kappa shape index (κ3) is 14.8. The van der Waals surface area contributed by atoms with Gasteiger partial charge in [-0.2, -0.15) is 0 Å². The number of nitrogens with zero attached hydrogens (tertiary/aromatic N) is 8. The third-order valence-electron chi connectivity index (χ3n) is 23.6. The van der Waals surface area contributed by atoms with Crippen molar-refractivity contribution in [2.24, 2.45) is 0 Å². The van der Waals surface area contributed by atoms with Crippen LogP contribution in [0.1, 0.15) is 157 Å². The van der Waals surface area contributed by atoms with Crippen LogP contribution in [0.4, 0.5) is 0 Å². The molecule has 16 bridgehead atoms. The van der Waals surface area contributed by atoms with E-state index in [4.69, 9.17) is 39.9 Å². The molecule has 120 heavy (non-hydrogen) atoms. The maximum atomic E-state index is 5.67. The fraction of sp³-hybridized carbons (Fsp3) is 0.164. The summed E-state index contributed by atoms with van der Waals surface area (Å²) in [6.07, 6.45) is 17.3. The summed E-state index contributed by atoms with van der Waals surface area (Å²) in [6.45, 7) is 39.4. The normalized spacial score (nSPS) is 11.8. The number of hydrogen-bond donors (Lipinski definition) is 0. The van der Waals surface area contributed by atoms with Crippen LogP contribution in [0.15, 0.2) is 170 Å². The van der Waals surface area contributed by atoms with Crippen molar-refractivity contribution in [2.45, 2.75) is 125 Å². The summed E-state index contributed by atoms with van der Waals surface area (Å²) >= 11 is 0. The molecule has 8 nitrogen and oxygen atoms in total. The van der Waals surface area contributed by atoms with Gasteiger partial charge in [0.25, 0.3) is 0 Å². The van der Waals surface area contributed by atoms with Crippen LogP contribution in [0.25, 0.3) is 182 Å². The van der Waals surface area contributed by atoms with E-state index >= 15 is 0 Å². The van der Waals surface area contributed by atoms with Crippen molar-refractivity contribution in [3.05, 3.63) is 327 Å². The van der Waals surface area contributed by atoms with Gasteiger partial charge in [0, 0.05) is 11.1 Å². The molecular formula is C110H90MgN8Zn. The van der Waals surface area contributed by atoms with E-state index in [1.54, 1.807) is 0 Å². The van der Waals surface area contributed by atoms with Crippen LogP contribution in [0, 0.1) is 148 Å². The smallest absolute Gasteiger partial charge is 0.657 e. The second-order valence-corrected chi connectivity index (χ2v) is 33.0. The third-order valence-corrected chi connectivity index (χ3v) is 23.6. The van der Waals surface area contributed by atoms with Crippen LogP contribution in [0.2, 0.25) is 0 Å². The number of fused-ring (bicyclic) bond motifs is 16. The number of aromatic nitrogens is 8. The maximum absolute atomic E-state index is 5.67. The summed E-state index contributed by atoms with van der Waals surface area (Å²) in [7, 11) is 0. The van der Waals surface area contributed by atoms with E-state index in [2.05, 4.69) is 367 Å². The van der Waals surface area contributed by atoms with Gasteiger partial charge in [0.1, 0.15) is 0 Å². The van der Waals surface area contributed by atoms with Crippen molar-refractivity contribution in [2.75, 3.05) is 0 Å². The van der Waals surface area contributed by atoms with Gasteiger partial charge in [-0.25, -0.2) is 19.9 Å². The van der Waals surface area contributed by atoms with Crippen LogP contribution < -0.4 is 19.9 Å². The summed E-state index contributed by atoms with van der Waals surface area (Å²) in [5, 5.41) is 0. The zero-order chi connectivity index (χ0) is 82.0. The Hall–Kier alpha value is -12.5. The summed E-state index contributed by atoms with van der Waals surface area (Å²) in [5.41, 5.74) is 52.3. The molecule has 10 heteroatoms. The molecule has 0 spiro atoms. The van der Waals surface area contributed by atoms with Crippen LogP contribution in [-0.2, 0) is 19.5 Å². The van der Waals surface area contributed by atoms with Gasteiger partial charge in [0.15, 0.2) is 0 Å². The summed E-state index contributed by atoms with van der Waals surface area (Å²) in [5.74, 6) is 13.2. The minimum absolute atomic E-state index is 0. The Labute approximate surface area is 733 Å². The molecule has 0 aliphatic carbocycles. The standard InChI is InChI=1S/C110H90N8.Mg.Zn/c1-59-47-65(7)97(66(8)48-59)105-85-35-31-81(111-85)103(82-32-36-86(112-82)106(98-67(9)49-60(2)50-68(98)10)90-40-44-94(116-90)109(93-43-39-89(105)115-93)101-73(15)55-63(5)56-74(101)16)79-27-23-77(24-28-79)21-19-20-22-78-25-29-80(30-26-78)104-83-33-37-87(113-83)107(99-69(11)51-61(3)52-70(99)12)91-41-45-95(117-91)110(102-75(17)57-64(6)58-76(102)18)96-46-42-92(118-96)108(88-38-34-84(104)114-88)100-71(13)53-62(4)54-72(100)14;;/h23-58H,1-18H3;;/q-4;2*+2. The number of hydrogen-bond acceptors (Lipinski definition) is 4. The van der Waals surface area contributed by atoms with Crippen molar-refractivity contribution >= 4 is 116 Å². The molecule has 0 atom stereocenters. The van der Waals surface area contributed by atoms with Crippen molar-refractivity contribution < 1.29 is 19.5 Å². The van der Waals surface area contributed by atoms with Crippen molar-refractivity contribution in [3.63, 3.8) is 0 Å². The molecule has 0 fully saturated rings. The fourth-order valence-electron chi connectivity index (χ4n) is 19.4. The van der Waals surface area contributed by atoms with Gasteiger partial charge in [-0.1, -0.05) is 191 Å². The average molecular weight is 1610 g/mol. The zero-order valence-electron chi connectivity index (χ0n) is 71.8. The van der Waals surface area contributed by atoms with E-state index < -0.39 is 0 Å². The molecule has 0 radical (unpaired) electrons. The van der Waals surface area contributed by atoms with Crippen molar-refractivity contribution in [1.29, 1.82) is 0 Å². The van der Waals surface area contributed by atoms with Gasteiger partial charge >= 0.3 is 42.5 Å². The molecule has 4 aliphatic rings. The van der Waals surface area contributed by atoms with Gasteiger partial charge in [0.2, 0.25) is 0 Å². The van der Waals surface area contributed by atoms with E-state index in [1.165, 1.54) is 55.6 Å². The van der Waals surface area contributed by atoms with E-state index in [1.807, 2.05) is 0 Å². The first-order valence-electron chi connectivity index (χ1n) is 40.7. The zero-order valence-corrected chi connectivity index (χ0v) is 76.2. The quantitative estimate of drug-likeness (QED) is 0.109.